The summed E-state index contributed by atoms with van der Waals surface area (Å²) >= 11 is 0. The molecule has 1 spiro atoms. The number of likely N-dealkylation sites (tertiary alicyclic amines) is 1. The van der Waals surface area contributed by atoms with E-state index in [1.54, 1.807) is 0 Å². The largest absolute Gasteiger partial charge is 0.487 e. The predicted molar refractivity (Wildman–Crippen MR) is 127 cm³/mol. The van der Waals surface area contributed by atoms with Crippen LogP contribution in [0.5, 0.6) is 5.75 Å². The Balaban J connectivity index is 1.30. The zero-order valence-electron chi connectivity index (χ0n) is 19.6. The van der Waals surface area contributed by atoms with E-state index >= 15 is 0 Å². The van der Waals surface area contributed by atoms with Crippen molar-refractivity contribution in [2.24, 2.45) is 7.05 Å². The lowest BCUT2D eigenvalue weighted by Gasteiger charge is -2.46. The summed E-state index contributed by atoms with van der Waals surface area (Å²) in [6.07, 6.45) is 1.35. The van der Waals surface area contributed by atoms with Gasteiger partial charge in [-0.15, -0.1) is 0 Å². The molecule has 2 N–H and O–H groups in total. The molecule has 0 amide bonds. The molecule has 3 heterocycles. The second-order valence-corrected chi connectivity index (χ2v) is 9.87. The van der Waals surface area contributed by atoms with Crippen molar-refractivity contribution < 1.29 is 14.9 Å². The highest BCUT2D eigenvalue weighted by molar-refractivity contribution is 5.85. The number of aromatic nitrogens is 1. The Kier molecular flexibility index (Phi) is 5.31. The highest BCUT2D eigenvalue weighted by Gasteiger charge is 2.43. The van der Waals surface area contributed by atoms with Crippen LogP contribution in [-0.2, 0) is 7.05 Å². The number of ether oxygens (including phenoxy) is 1. The molecule has 5 rings (SSSR count). The summed E-state index contributed by atoms with van der Waals surface area (Å²) in [4.78, 5) is 2.34. The van der Waals surface area contributed by atoms with Crippen LogP contribution in [-0.4, -0.2) is 44.9 Å². The minimum absolute atomic E-state index is 0.315. The summed E-state index contributed by atoms with van der Waals surface area (Å²) in [7, 11) is 2.06. The third kappa shape index (κ3) is 3.53. The molecule has 5 nitrogen and oxygen atoms in total. The third-order valence-corrected chi connectivity index (χ3v) is 7.86. The van der Waals surface area contributed by atoms with E-state index < -0.39 is 12.2 Å². The molecule has 2 atom stereocenters. The van der Waals surface area contributed by atoms with Crippen LogP contribution in [0.1, 0.15) is 59.4 Å². The van der Waals surface area contributed by atoms with Gasteiger partial charge in [0, 0.05) is 60.8 Å². The highest BCUT2D eigenvalue weighted by atomic mass is 16.5. The van der Waals surface area contributed by atoms with Gasteiger partial charge in [-0.2, -0.15) is 0 Å². The Labute approximate surface area is 190 Å². The first-order valence-corrected chi connectivity index (χ1v) is 11.7. The van der Waals surface area contributed by atoms with Gasteiger partial charge in [0.25, 0.3) is 0 Å². The maximum Gasteiger partial charge on any atom is 0.126 e. The SMILES string of the molecule is Cc1cc2c(cc1C)[C@H](O)CC1(CCN(C[C@@H](O)c3c(C)n(C)c4ccccc34)CC1)O2. The van der Waals surface area contributed by atoms with Gasteiger partial charge < -0.3 is 24.4 Å². The maximum atomic E-state index is 11.2. The number of para-hydroxylation sites is 1. The number of aryl methyl sites for hydroxylation is 3. The van der Waals surface area contributed by atoms with Crippen molar-refractivity contribution in [1.29, 1.82) is 0 Å². The van der Waals surface area contributed by atoms with Gasteiger partial charge in [0.1, 0.15) is 11.4 Å². The first-order valence-electron chi connectivity index (χ1n) is 11.7. The van der Waals surface area contributed by atoms with Crippen molar-refractivity contribution >= 4 is 10.9 Å². The van der Waals surface area contributed by atoms with E-state index in [-0.39, 0.29) is 5.60 Å². The lowest BCUT2D eigenvalue weighted by molar-refractivity contribution is -0.0588. The van der Waals surface area contributed by atoms with E-state index in [2.05, 4.69) is 61.6 Å². The molecule has 1 aromatic heterocycles. The van der Waals surface area contributed by atoms with Gasteiger partial charge in [-0.3, -0.25) is 0 Å². The summed E-state index contributed by atoms with van der Waals surface area (Å²) in [5, 5.41) is 23.2. The van der Waals surface area contributed by atoms with Crippen LogP contribution in [0, 0.1) is 20.8 Å². The molecular formula is C27H34N2O3. The van der Waals surface area contributed by atoms with E-state index in [4.69, 9.17) is 4.74 Å². The smallest absolute Gasteiger partial charge is 0.126 e. The molecule has 170 valence electrons. The van der Waals surface area contributed by atoms with Crippen LogP contribution in [0.3, 0.4) is 0 Å². The van der Waals surface area contributed by atoms with Crippen molar-refractivity contribution in [3.8, 4) is 5.75 Å². The second kappa shape index (κ2) is 7.91. The first kappa shape index (κ1) is 21.5. The normalized spacial score (nSPS) is 21.5. The number of nitrogens with zero attached hydrogens (tertiary/aromatic N) is 2. The zero-order chi connectivity index (χ0) is 22.6. The number of β-amino-alcohol motifs (C(OH)–C–C–N with tert-alkyl or cyclic N) is 1. The topological polar surface area (TPSA) is 57.9 Å². The summed E-state index contributed by atoms with van der Waals surface area (Å²) in [5.74, 6) is 0.840. The molecule has 32 heavy (non-hydrogen) atoms. The van der Waals surface area contributed by atoms with Gasteiger partial charge in [-0.1, -0.05) is 18.2 Å². The quantitative estimate of drug-likeness (QED) is 0.638. The average Bonchev–Trinajstić information content (AvgIpc) is 3.02. The molecule has 2 aliphatic heterocycles. The molecule has 2 aliphatic rings. The summed E-state index contributed by atoms with van der Waals surface area (Å²) in [5.41, 5.74) is 6.30. The predicted octanol–water partition coefficient (Wildman–Crippen LogP) is 4.49. The third-order valence-electron chi connectivity index (χ3n) is 7.86. The molecule has 3 aromatic rings. The standard InChI is InChI=1S/C27H34N2O3/c1-17-13-21-23(30)15-27(32-25(21)14-18(17)2)9-11-29(12-10-27)16-24(31)26-19(3)28(4)22-8-6-5-7-20(22)26/h5-8,13-14,23-24,30-31H,9-12,15-16H2,1-4H3/t23-,24-/m1/s1. The van der Waals surface area contributed by atoms with Crippen LogP contribution >= 0.6 is 0 Å². The van der Waals surface area contributed by atoms with E-state index in [1.807, 2.05) is 12.1 Å². The molecular weight excluding hydrogens is 400 g/mol. The monoisotopic (exact) mass is 434 g/mol. The molecule has 1 fully saturated rings. The second-order valence-electron chi connectivity index (χ2n) is 9.87. The van der Waals surface area contributed by atoms with E-state index in [1.165, 1.54) is 11.1 Å². The number of piperidine rings is 1. The van der Waals surface area contributed by atoms with E-state index in [9.17, 15) is 10.2 Å². The van der Waals surface area contributed by atoms with Gasteiger partial charge in [-0.25, -0.2) is 0 Å². The zero-order valence-corrected chi connectivity index (χ0v) is 19.6. The van der Waals surface area contributed by atoms with Crippen molar-refractivity contribution in [3.63, 3.8) is 0 Å². The Morgan fingerprint density at radius 3 is 2.53 bits per heavy atom. The summed E-state index contributed by atoms with van der Waals surface area (Å²) < 4.78 is 8.70. The van der Waals surface area contributed by atoms with Crippen LogP contribution in [0.25, 0.3) is 10.9 Å². The van der Waals surface area contributed by atoms with Crippen molar-refractivity contribution in [3.05, 3.63) is 64.3 Å². The fourth-order valence-corrected chi connectivity index (χ4v) is 5.65. The van der Waals surface area contributed by atoms with Gasteiger partial charge in [0.05, 0.1) is 12.2 Å². The van der Waals surface area contributed by atoms with Crippen LogP contribution in [0.15, 0.2) is 36.4 Å². The Bertz CT molecular complexity index is 1160. The number of fused-ring (bicyclic) bond motifs is 2. The Morgan fingerprint density at radius 1 is 1.09 bits per heavy atom. The van der Waals surface area contributed by atoms with Gasteiger partial charge in [-0.05, 0) is 62.9 Å². The fraction of sp³-hybridized carbons (Fsp3) is 0.481. The number of hydrogen-bond donors (Lipinski definition) is 2. The molecule has 0 saturated carbocycles. The molecule has 0 unspecified atom stereocenters. The van der Waals surface area contributed by atoms with Gasteiger partial charge in [0.15, 0.2) is 0 Å². The van der Waals surface area contributed by atoms with Crippen LogP contribution < -0.4 is 4.74 Å². The van der Waals surface area contributed by atoms with Gasteiger partial charge in [0.2, 0.25) is 0 Å². The molecule has 0 radical (unpaired) electrons. The molecule has 0 bridgehead atoms. The summed E-state index contributed by atoms with van der Waals surface area (Å²) in [6, 6.07) is 12.4. The average molecular weight is 435 g/mol. The minimum atomic E-state index is -0.528. The minimum Gasteiger partial charge on any atom is -0.487 e. The van der Waals surface area contributed by atoms with Crippen molar-refractivity contribution in [1.82, 2.24) is 9.47 Å². The Hall–Kier alpha value is -2.34. The molecule has 5 heteroatoms. The van der Waals surface area contributed by atoms with E-state index in [0.29, 0.717) is 13.0 Å². The number of aliphatic hydroxyl groups is 2. The maximum absolute atomic E-state index is 11.2. The molecule has 0 aliphatic carbocycles. The Morgan fingerprint density at radius 2 is 1.78 bits per heavy atom. The number of aliphatic hydroxyl groups excluding tert-OH is 2. The van der Waals surface area contributed by atoms with Crippen LogP contribution in [0.4, 0.5) is 0 Å². The van der Waals surface area contributed by atoms with Gasteiger partial charge >= 0.3 is 0 Å². The lowest BCUT2D eigenvalue weighted by Crippen LogP contribution is -2.51. The fourth-order valence-electron chi connectivity index (χ4n) is 5.65. The molecule has 1 saturated heterocycles. The van der Waals surface area contributed by atoms with Crippen molar-refractivity contribution in [2.75, 3.05) is 19.6 Å². The first-order chi connectivity index (χ1) is 15.3. The van der Waals surface area contributed by atoms with Crippen molar-refractivity contribution in [2.45, 2.75) is 57.8 Å². The van der Waals surface area contributed by atoms with Crippen LogP contribution in [0.2, 0.25) is 0 Å². The lowest BCUT2D eigenvalue weighted by atomic mass is 9.81. The number of benzene rings is 2. The number of hydrogen-bond acceptors (Lipinski definition) is 4. The highest BCUT2D eigenvalue weighted by Crippen LogP contribution is 2.45. The number of rotatable bonds is 3. The molecule has 2 aromatic carbocycles. The summed E-state index contributed by atoms with van der Waals surface area (Å²) in [6.45, 7) is 8.58. The van der Waals surface area contributed by atoms with E-state index in [0.717, 1.165) is 59.4 Å².